The van der Waals surface area contributed by atoms with Crippen LogP contribution >= 0.6 is 0 Å². The molecule has 1 N–H and O–H groups in total. The van der Waals surface area contributed by atoms with E-state index in [0.29, 0.717) is 17.2 Å². The number of imidazole rings is 1. The minimum atomic E-state index is -0.216. The van der Waals surface area contributed by atoms with Crippen molar-refractivity contribution in [1.29, 1.82) is 0 Å². The molecule has 0 bridgehead atoms. The molecule has 27 heavy (non-hydrogen) atoms. The van der Waals surface area contributed by atoms with Gasteiger partial charge in [0.2, 0.25) is 5.78 Å². The van der Waals surface area contributed by atoms with Gasteiger partial charge in [0, 0.05) is 29.8 Å². The average Bonchev–Trinajstić information content (AvgIpc) is 3.12. The molecule has 0 saturated heterocycles. The average molecular weight is 358 g/mol. The molecule has 4 rings (SSSR count). The number of nitrogens with one attached hydrogen (secondary N) is 1. The van der Waals surface area contributed by atoms with E-state index in [1.54, 1.807) is 6.20 Å². The Morgan fingerprint density at radius 3 is 2.89 bits per heavy atom. The highest BCUT2D eigenvalue weighted by Gasteiger charge is 2.08. The summed E-state index contributed by atoms with van der Waals surface area (Å²) >= 11 is 0. The number of hydrogen-bond acceptors (Lipinski definition) is 4. The van der Waals surface area contributed by atoms with Gasteiger partial charge in [0.15, 0.2) is 6.61 Å². The van der Waals surface area contributed by atoms with Crippen molar-refractivity contribution in [3.63, 3.8) is 0 Å². The Morgan fingerprint density at radius 2 is 2.04 bits per heavy atom. The third-order valence-electron chi connectivity index (χ3n) is 4.13. The second kappa shape index (κ2) is 7.29. The van der Waals surface area contributed by atoms with Crippen LogP contribution in [0.1, 0.15) is 5.56 Å². The molecule has 0 aliphatic rings. The summed E-state index contributed by atoms with van der Waals surface area (Å²) in [6.07, 6.45) is 5.51. The van der Waals surface area contributed by atoms with Crippen LogP contribution in [0.2, 0.25) is 0 Å². The largest absolute Gasteiger partial charge is 0.483 e. The third-order valence-corrected chi connectivity index (χ3v) is 4.13. The van der Waals surface area contributed by atoms with Crippen molar-refractivity contribution in [3.8, 4) is 17.0 Å². The minimum absolute atomic E-state index is 0.0482. The molecule has 2 aromatic carbocycles. The molecule has 1 amide bonds. The molecule has 0 spiro atoms. The van der Waals surface area contributed by atoms with E-state index in [2.05, 4.69) is 15.3 Å². The highest BCUT2D eigenvalue weighted by Crippen LogP contribution is 2.22. The van der Waals surface area contributed by atoms with Crippen LogP contribution in [0.25, 0.3) is 17.0 Å². The predicted molar refractivity (Wildman–Crippen MR) is 104 cm³/mol. The summed E-state index contributed by atoms with van der Waals surface area (Å²) in [5, 5.41) is 2.86. The Morgan fingerprint density at radius 1 is 1.15 bits per heavy atom. The van der Waals surface area contributed by atoms with Gasteiger partial charge >= 0.3 is 0 Å². The monoisotopic (exact) mass is 358 g/mol. The first-order valence-electron chi connectivity index (χ1n) is 8.57. The molecule has 0 radical (unpaired) electrons. The molecule has 134 valence electrons. The number of nitrogens with zero attached hydrogens (tertiary/aromatic N) is 3. The molecule has 0 atom stereocenters. The van der Waals surface area contributed by atoms with Gasteiger partial charge in [0.1, 0.15) is 5.75 Å². The molecular weight excluding hydrogens is 340 g/mol. The number of ether oxygens (including phenoxy) is 1. The van der Waals surface area contributed by atoms with Gasteiger partial charge in [-0.15, -0.1) is 0 Å². The van der Waals surface area contributed by atoms with Crippen LogP contribution < -0.4 is 10.1 Å². The molecule has 0 fully saturated rings. The third kappa shape index (κ3) is 3.79. The van der Waals surface area contributed by atoms with Crippen LogP contribution in [-0.4, -0.2) is 26.9 Å². The van der Waals surface area contributed by atoms with Crippen molar-refractivity contribution in [2.45, 2.75) is 6.92 Å². The summed E-state index contributed by atoms with van der Waals surface area (Å²) in [5.74, 6) is 1.12. The number of para-hydroxylation sites is 1. The normalized spacial score (nSPS) is 10.7. The van der Waals surface area contributed by atoms with Gasteiger partial charge in [0.05, 0.1) is 5.69 Å². The fourth-order valence-electron chi connectivity index (χ4n) is 2.78. The number of aromatic nitrogens is 3. The topological polar surface area (TPSA) is 68.5 Å². The lowest BCUT2D eigenvalue weighted by molar-refractivity contribution is -0.118. The molecule has 2 aromatic heterocycles. The molecule has 6 heteroatoms. The van der Waals surface area contributed by atoms with Crippen molar-refractivity contribution in [3.05, 3.63) is 78.8 Å². The molecule has 0 saturated carbocycles. The van der Waals surface area contributed by atoms with Gasteiger partial charge < -0.3 is 10.1 Å². The maximum absolute atomic E-state index is 12.2. The van der Waals surface area contributed by atoms with Gasteiger partial charge in [-0.2, -0.15) is 0 Å². The van der Waals surface area contributed by atoms with Gasteiger partial charge in [-0.25, -0.2) is 9.97 Å². The first-order valence-corrected chi connectivity index (χ1v) is 8.57. The SMILES string of the molecule is Cc1ccccc1OCC(=O)Nc1cccc(-c2cn3cccnc3n2)c1. The van der Waals surface area contributed by atoms with E-state index >= 15 is 0 Å². The quantitative estimate of drug-likeness (QED) is 0.590. The van der Waals surface area contributed by atoms with E-state index in [1.807, 2.05) is 78.3 Å². The maximum atomic E-state index is 12.2. The second-order valence-electron chi connectivity index (χ2n) is 6.14. The summed E-state index contributed by atoms with van der Waals surface area (Å²) < 4.78 is 7.45. The van der Waals surface area contributed by atoms with Crippen LogP contribution in [0.5, 0.6) is 5.75 Å². The number of carbonyl (C=O) groups is 1. The molecule has 0 unspecified atom stereocenters. The first kappa shape index (κ1) is 16.8. The van der Waals surface area contributed by atoms with Gasteiger partial charge in [-0.05, 0) is 36.8 Å². The smallest absolute Gasteiger partial charge is 0.262 e. The number of hydrogen-bond donors (Lipinski definition) is 1. The highest BCUT2D eigenvalue weighted by molar-refractivity contribution is 5.92. The van der Waals surface area contributed by atoms with Crippen LogP contribution in [0.4, 0.5) is 5.69 Å². The fourth-order valence-corrected chi connectivity index (χ4v) is 2.78. The van der Waals surface area contributed by atoms with E-state index in [-0.39, 0.29) is 12.5 Å². The van der Waals surface area contributed by atoms with Gasteiger partial charge in [0.25, 0.3) is 5.91 Å². The highest BCUT2D eigenvalue weighted by atomic mass is 16.5. The predicted octanol–water partition coefficient (Wildman–Crippen LogP) is 3.72. The number of rotatable bonds is 5. The number of fused-ring (bicyclic) bond motifs is 1. The number of amides is 1. The molecule has 2 heterocycles. The number of anilines is 1. The van der Waals surface area contributed by atoms with Crippen molar-refractivity contribution >= 4 is 17.4 Å². The van der Waals surface area contributed by atoms with E-state index < -0.39 is 0 Å². The minimum Gasteiger partial charge on any atom is -0.483 e. The van der Waals surface area contributed by atoms with E-state index in [1.165, 1.54) is 0 Å². The standard InChI is InChI=1S/C21H18N4O2/c1-15-6-2-3-9-19(15)27-14-20(26)23-17-8-4-7-16(12-17)18-13-25-11-5-10-22-21(25)24-18/h2-13H,14H2,1H3,(H,23,26). The number of benzene rings is 2. The van der Waals surface area contributed by atoms with Crippen molar-refractivity contribution in [1.82, 2.24) is 14.4 Å². The zero-order valence-electron chi connectivity index (χ0n) is 14.8. The lowest BCUT2D eigenvalue weighted by Crippen LogP contribution is -2.20. The van der Waals surface area contributed by atoms with E-state index in [4.69, 9.17) is 4.74 Å². The molecule has 6 nitrogen and oxygen atoms in total. The van der Waals surface area contributed by atoms with Crippen LogP contribution in [-0.2, 0) is 4.79 Å². The summed E-state index contributed by atoms with van der Waals surface area (Å²) in [4.78, 5) is 20.9. The molecule has 4 aromatic rings. The van der Waals surface area contributed by atoms with Gasteiger partial charge in [-0.3, -0.25) is 9.20 Å². The molecule has 0 aliphatic heterocycles. The lowest BCUT2D eigenvalue weighted by Gasteiger charge is -2.10. The maximum Gasteiger partial charge on any atom is 0.262 e. The Hall–Kier alpha value is -3.67. The molecular formula is C21H18N4O2. The lowest BCUT2D eigenvalue weighted by atomic mass is 10.1. The summed E-state index contributed by atoms with van der Waals surface area (Å²) in [6, 6.07) is 17.0. The Bertz CT molecular complexity index is 1070. The Balaban J connectivity index is 1.46. The Kier molecular flexibility index (Phi) is 4.53. The fraction of sp³-hybridized carbons (Fsp3) is 0.0952. The second-order valence-corrected chi connectivity index (χ2v) is 6.14. The Labute approximate surface area is 156 Å². The van der Waals surface area contributed by atoms with Crippen LogP contribution in [0, 0.1) is 6.92 Å². The summed E-state index contributed by atoms with van der Waals surface area (Å²) in [5.41, 5.74) is 3.38. The van der Waals surface area contributed by atoms with Gasteiger partial charge in [-0.1, -0.05) is 30.3 Å². The zero-order chi connectivity index (χ0) is 18.6. The summed E-state index contributed by atoms with van der Waals surface area (Å²) in [7, 11) is 0. The van der Waals surface area contributed by atoms with Crippen molar-refractivity contribution < 1.29 is 9.53 Å². The zero-order valence-corrected chi connectivity index (χ0v) is 14.8. The van der Waals surface area contributed by atoms with Crippen LogP contribution in [0.3, 0.4) is 0 Å². The number of carbonyl (C=O) groups excluding carboxylic acids is 1. The van der Waals surface area contributed by atoms with E-state index in [9.17, 15) is 4.79 Å². The van der Waals surface area contributed by atoms with Crippen molar-refractivity contribution in [2.24, 2.45) is 0 Å². The summed E-state index contributed by atoms with van der Waals surface area (Å²) in [6.45, 7) is 1.90. The molecule has 0 aliphatic carbocycles. The van der Waals surface area contributed by atoms with E-state index in [0.717, 1.165) is 16.8 Å². The van der Waals surface area contributed by atoms with Crippen molar-refractivity contribution in [2.75, 3.05) is 11.9 Å². The first-order chi connectivity index (χ1) is 13.2. The number of aryl methyl sites for hydroxylation is 1. The van der Waals surface area contributed by atoms with Crippen LogP contribution in [0.15, 0.2) is 73.2 Å².